The molecule has 1 saturated carbocycles. The van der Waals surface area contributed by atoms with Crippen LogP contribution in [0.3, 0.4) is 0 Å². The van der Waals surface area contributed by atoms with Crippen LogP contribution in [0.2, 0.25) is 0 Å². The lowest BCUT2D eigenvalue weighted by Crippen LogP contribution is -2.52. The van der Waals surface area contributed by atoms with Gasteiger partial charge < -0.3 is 15.5 Å². The average molecular weight is 403 g/mol. The summed E-state index contributed by atoms with van der Waals surface area (Å²) in [6, 6.07) is 4.91. The minimum absolute atomic E-state index is 0.0355. The molecule has 1 saturated heterocycles. The van der Waals surface area contributed by atoms with Crippen LogP contribution in [-0.4, -0.2) is 70.8 Å². The van der Waals surface area contributed by atoms with E-state index in [9.17, 15) is 19.7 Å². The molecule has 1 heterocycles. The van der Waals surface area contributed by atoms with Crippen molar-refractivity contribution < 1.29 is 14.5 Å². The van der Waals surface area contributed by atoms with E-state index in [2.05, 4.69) is 10.6 Å². The zero-order valence-corrected chi connectivity index (χ0v) is 17.2. The van der Waals surface area contributed by atoms with Crippen molar-refractivity contribution in [3.05, 3.63) is 33.9 Å². The number of carbonyl (C=O) groups is 2. The fourth-order valence-corrected chi connectivity index (χ4v) is 3.34. The zero-order chi connectivity index (χ0) is 21.2. The van der Waals surface area contributed by atoms with E-state index in [0.717, 1.165) is 12.8 Å². The molecule has 158 valence electrons. The Morgan fingerprint density at radius 2 is 1.83 bits per heavy atom. The van der Waals surface area contributed by atoms with Crippen LogP contribution < -0.4 is 10.6 Å². The molecule has 0 radical (unpaired) electrons. The van der Waals surface area contributed by atoms with Crippen LogP contribution in [0.4, 0.5) is 11.4 Å². The Labute approximate surface area is 170 Å². The minimum Gasteiger partial charge on any atom is -0.377 e. The predicted molar refractivity (Wildman–Crippen MR) is 110 cm³/mol. The number of hydrogen-bond donors (Lipinski definition) is 2. The van der Waals surface area contributed by atoms with Crippen molar-refractivity contribution in [2.75, 3.05) is 38.0 Å². The monoisotopic (exact) mass is 403 g/mol. The van der Waals surface area contributed by atoms with Gasteiger partial charge in [-0.25, -0.2) is 0 Å². The standard InChI is InChI=1S/C20H29N5O4/c1-20(2,3)22-18(26)13-23-8-10-24(11-9-23)19(27)14-4-7-16(21-15-5-6-15)17(12-14)25(28)29/h4,7,12,15,21H,5-6,8-11,13H2,1-3H3,(H,22,26). The first-order chi connectivity index (χ1) is 13.6. The first-order valence-corrected chi connectivity index (χ1v) is 10.00. The first-order valence-electron chi connectivity index (χ1n) is 10.00. The van der Waals surface area contributed by atoms with Gasteiger partial charge in [0, 0.05) is 49.4 Å². The highest BCUT2D eigenvalue weighted by Crippen LogP contribution is 2.31. The summed E-state index contributed by atoms with van der Waals surface area (Å²) in [5.41, 5.74) is 0.436. The maximum absolute atomic E-state index is 12.8. The van der Waals surface area contributed by atoms with Crippen molar-refractivity contribution in [1.82, 2.24) is 15.1 Å². The topological polar surface area (TPSA) is 108 Å². The molecule has 9 heteroatoms. The first kappa shape index (κ1) is 21.0. The minimum atomic E-state index is -0.451. The van der Waals surface area contributed by atoms with Crippen LogP contribution in [0.25, 0.3) is 0 Å². The molecule has 1 aromatic carbocycles. The molecule has 0 spiro atoms. The van der Waals surface area contributed by atoms with E-state index in [-0.39, 0.29) is 23.0 Å². The van der Waals surface area contributed by atoms with Crippen LogP contribution in [0, 0.1) is 10.1 Å². The summed E-state index contributed by atoms with van der Waals surface area (Å²) in [5.74, 6) is -0.253. The Morgan fingerprint density at radius 1 is 1.17 bits per heavy atom. The molecular weight excluding hydrogens is 374 g/mol. The molecule has 29 heavy (non-hydrogen) atoms. The number of anilines is 1. The molecule has 0 bridgehead atoms. The fourth-order valence-electron chi connectivity index (χ4n) is 3.34. The summed E-state index contributed by atoms with van der Waals surface area (Å²) in [5, 5.41) is 17.5. The van der Waals surface area contributed by atoms with Gasteiger partial charge in [-0.2, -0.15) is 0 Å². The Bertz CT molecular complexity index is 793. The number of nitro benzene ring substituents is 1. The normalized spacial score (nSPS) is 17.7. The molecule has 2 fully saturated rings. The number of benzene rings is 1. The van der Waals surface area contributed by atoms with Crippen molar-refractivity contribution in [3.63, 3.8) is 0 Å². The smallest absolute Gasteiger partial charge is 0.293 e. The molecule has 2 N–H and O–H groups in total. The Kier molecular flexibility index (Phi) is 6.07. The molecule has 9 nitrogen and oxygen atoms in total. The summed E-state index contributed by atoms with van der Waals surface area (Å²) in [6.07, 6.45) is 2.02. The number of amides is 2. The SMILES string of the molecule is CC(C)(C)NC(=O)CN1CCN(C(=O)c2ccc(NC3CC3)c([N+](=O)[O-])c2)CC1. The second-order valence-electron chi connectivity index (χ2n) is 8.77. The van der Waals surface area contributed by atoms with Crippen LogP contribution in [0.1, 0.15) is 44.0 Å². The average Bonchev–Trinajstić information content (AvgIpc) is 3.44. The van der Waals surface area contributed by atoms with Crippen LogP contribution in [0.5, 0.6) is 0 Å². The van der Waals surface area contributed by atoms with E-state index in [1.54, 1.807) is 17.0 Å². The van der Waals surface area contributed by atoms with Gasteiger partial charge in [-0.15, -0.1) is 0 Å². The molecule has 0 atom stereocenters. The molecule has 1 aliphatic heterocycles. The number of hydrogen-bond acceptors (Lipinski definition) is 6. The molecule has 2 aliphatic rings. The second kappa shape index (κ2) is 8.36. The third-order valence-electron chi connectivity index (χ3n) is 4.92. The van der Waals surface area contributed by atoms with Crippen molar-refractivity contribution in [2.45, 2.75) is 45.2 Å². The van der Waals surface area contributed by atoms with Gasteiger partial charge in [0.05, 0.1) is 11.5 Å². The highest BCUT2D eigenvalue weighted by molar-refractivity contribution is 5.96. The number of piperazine rings is 1. The number of nitrogens with zero attached hydrogens (tertiary/aromatic N) is 3. The summed E-state index contributed by atoms with van der Waals surface area (Å²) < 4.78 is 0. The van der Waals surface area contributed by atoms with E-state index in [1.165, 1.54) is 6.07 Å². The third kappa shape index (κ3) is 5.90. The van der Waals surface area contributed by atoms with Crippen LogP contribution >= 0.6 is 0 Å². The number of nitrogens with one attached hydrogen (secondary N) is 2. The Balaban J connectivity index is 1.58. The highest BCUT2D eigenvalue weighted by atomic mass is 16.6. The highest BCUT2D eigenvalue weighted by Gasteiger charge is 2.28. The quantitative estimate of drug-likeness (QED) is 0.554. The zero-order valence-electron chi connectivity index (χ0n) is 17.2. The molecule has 0 unspecified atom stereocenters. The lowest BCUT2D eigenvalue weighted by atomic mass is 10.1. The fraction of sp³-hybridized carbons (Fsp3) is 0.600. The Morgan fingerprint density at radius 3 is 2.38 bits per heavy atom. The molecular formula is C20H29N5O4. The lowest BCUT2D eigenvalue weighted by Gasteiger charge is -2.35. The predicted octanol–water partition coefficient (Wildman–Crippen LogP) is 1.84. The van der Waals surface area contributed by atoms with Crippen molar-refractivity contribution >= 4 is 23.2 Å². The van der Waals surface area contributed by atoms with Crippen molar-refractivity contribution in [2.24, 2.45) is 0 Å². The van der Waals surface area contributed by atoms with Gasteiger partial charge in [0.1, 0.15) is 5.69 Å². The van der Waals surface area contributed by atoms with Gasteiger partial charge >= 0.3 is 0 Å². The van der Waals surface area contributed by atoms with Gasteiger partial charge in [0.15, 0.2) is 0 Å². The van der Waals surface area contributed by atoms with E-state index >= 15 is 0 Å². The molecule has 0 aromatic heterocycles. The van der Waals surface area contributed by atoms with Gasteiger partial charge in [-0.3, -0.25) is 24.6 Å². The summed E-state index contributed by atoms with van der Waals surface area (Å²) in [7, 11) is 0. The Hall–Kier alpha value is -2.68. The maximum atomic E-state index is 12.8. The van der Waals surface area contributed by atoms with E-state index < -0.39 is 4.92 Å². The molecule has 3 rings (SSSR count). The van der Waals surface area contributed by atoms with Crippen LogP contribution in [-0.2, 0) is 4.79 Å². The van der Waals surface area contributed by atoms with Crippen LogP contribution in [0.15, 0.2) is 18.2 Å². The second-order valence-corrected chi connectivity index (χ2v) is 8.77. The maximum Gasteiger partial charge on any atom is 0.293 e. The summed E-state index contributed by atoms with van der Waals surface area (Å²) >= 11 is 0. The number of rotatable bonds is 6. The third-order valence-corrected chi connectivity index (χ3v) is 4.92. The molecule has 1 aliphatic carbocycles. The lowest BCUT2D eigenvalue weighted by molar-refractivity contribution is -0.384. The van der Waals surface area contributed by atoms with E-state index in [1.807, 2.05) is 25.7 Å². The summed E-state index contributed by atoms with van der Waals surface area (Å²) in [4.78, 5) is 39.6. The van der Waals surface area contributed by atoms with Gasteiger partial charge in [0.2, 0.25) is 5.91 Å². The summed E-state index contributed by atoms with van der Waals surface area (Å²) in [6.45, 7) is 8.26. The molecule has 2 amide bonds. The largest absolute Gasteiger partial charge is 0.377 e. The van der Waals surface area contributed by atoms with E-state index in [4.69, 9.17) is 0 Å². The molecule has 1 aromatic rings. The number of carbonyl (C=O) groups excluding carboxylic acids is 2. The van der Waals surface area contributed by atoms with E-state index in [0.29, 0.717) is 50.0 Å². The van der Waals surface area contributed by atoms with Crippen molar-refractivity contribution in [1.29, 1.82) is 0 Å². The number of nitro groups is 1. The van der Waals surface area contributed by atoms with Gasteiger partial charge in [-0.05, 0) is 45.7 Å². The van der Waals surface area contributed by atoms with Gasteiger partial charge in [-0.1, -0.05) is 0 Å². The van der Waals surface area contributed by atoms with Gasteiger partial charge in [0.25, 0.3) is 11.6 Å². The van der Waals surface area contributed by atoms with Crippen molar-refractivity contribution in [3.8, 4) is 0 Å².